The van der Waals surface area contributed by atoms with Crippen molar-refractivity contribution in [3.8, 4) is 0 Å². The molecule has 5 nitrogen and oxygen atoms in total. The van der Waals surface area contributed by atoms with Crippen molar-refractivity contribution in [3.63, 3.8) is 0 Å². The quantitative estimate of drug-likeness (QED) is 0.787. The number of carbonyl (C=O) groups excluding carboxylic acids is 2. The van der Waals surface area contributed by atoms with Gasteiger partial charge < -0.3 is 16.0 Å². The summed E-state index contributed by atoms with van der Waals surface area (Å²) in [7, 11) is 0. The Balaban J connectivity index is 0.00000200. The Labute approximate surface area is 127 Å². The van der Waals surface area contributed by atoms with Gasteiger partial charge in [0.1, 0.15) is 0 Å². The first-order valence-electron chi connectivity index (χ1n) is 7.38. The largest absolute Gasteiger partial charge is 0.356 e. The van der Waals surface area contributed by atoms with E-state index in [0.29, 0.717) is 19.0 Å². The van der Waals surface area contributed by atoms with Gasteiger partial charge in [0.05, 0.1) is 5.92 Å². The van der Waals surface area contributed by atoms with Gasteiger partial charge in [-0.3, -0.25) is 9.59 Å². The van der Waals surface area contributed by atoms with E-state index < -0.39 is 0 Å². The molecule has 2 aliphatic rings. The maximum absolute atomic E-state index is 12.1. The second-order valence-electron chi connectivity index (χ2n) is 5.95. The van der Waals surface area contributed by atoms with Crippen LogP contribution in [0.3, 0.4) is 0 Å². The lowest BCUT2D eigenvalue weighted by Crippen LogP contribution is -2.48. The second-order valence-corrected chi connectivity index (χ2v) is 5.95. The highest BCUT2D eigenvalue weighted by atomic mass is 35.5. The van der Waals surface area contributed by atoms with Crippen LogP contribution in [0.25, 0.3) is 0 Å². The third kappa shape index (κ3) is 4.63. The summed E-state index contributed by atoms with van der Waals surface area (Å²) in [5, 5.41) is 3.02. The fourth-order valence-electron chi connectivity index (χ4n) is 2.52. The molecule has 0 spiro atoms. The van der Waals surface area contributed by atoms with Gasteiger partial charge in [-0.2, -0.15) is 0 Å². The average Bonchev–Trinajstić information content (AvgIpc) is 3.27. The molecule has 20 heavy (non-hydrogen) atoms. The van der Waals surface area contributed by atoms with E-state index in [2.05, 4.69) is 5.32 Å². The molecule has 1 aliphatic carbocycles. The molecule has 2 atom stereocenters. The lowest BCUT2D eigenvalue weighted by atomic mass is 9.96. The summed E-state index contributed by atoms with van der Waals surface area (Å²) in [6.45, 7) is 4.34. The van der Waals surface area contributed by atoms with Gasteiger partial charge in [-0.1, -0.05) is 6.92 Å². The Bertz CT molecular complexity index is 347. The van der Waals surface area contributed by atoms with Crippen LogP contribution in [0.2, 0.25) is 0 Å². The third-order valence-corrected chi connectivity index (χ3v) is 4.14. The van der Waals surface area contributed by atoms with Gasteiger partial charge in [-0.15, -0.1) is 12.4 Å². The molecule has 1 heterocycles. The lowest BCUT2D eigenvalue weighted by Gasteiger charge is -2.33. The predicted molar refractivity (Wildman–Crippen MR) is 80.5 cm³/mol. The summed E-state index contributed by atoms with van der Waals surface area (Å²) in [5.41, 5.74) is 5.54. The number of hydrogen-bond acceptors (Lipinski definition) is 3. The molecule has 1 saturated heterocycles. The highest BCUT2D eigenvalue weighted by Gasteiger charge is 2.30. The molecular weight excluding hydrogens is 278 g/mol. The molecule has 6 heteroatoms. The number of carbonyl (C=O) groups is 2. The zero-order valence-electron chi connectivity index (χ0n) is 12.1. The SMILES string of the molecule is CC(CN)C(=O)N1CCCC(C(=O)NCC2CC2)C1.Cl. The maximum Gasteiger partial charge on any atom is 0.226 e. The van der Waals surface area contributed by atoms with Gasteiger partial charge in [0.15, 0.2) is 0 Å². The van der Waals surface area contributed by atoms with Gasteiger partial charge in [0, 0.05) is 32.1 Å². The highest BCUT2D eigenvalue weighted by molar-refractivity contribution is 5.85. The molecule has 0 radical (unpaired) electrons. The third-order valence-electron chi connectivity index (χ3n) is 4.14. The van der Waals surface area contributed by atoms with Crippen molar-refractivity contribution in [2.45, 2.75) is 32.6 Å². The Morgan fingerprint density at radius 2 is 2.05 bits per heavy atom. The topological polar surface area (TPSA) is 75.4 Å². The van der Waals surface area contributed by atoms with E-state index in [-0.39, 0.29) is 36.1 Å². The highest BCUT2D eigenvalue weighted by Crippen LogP contribution is 2.28. The maximum atomic E-state index is 12.1. The van der Waals surface area contributed by atoms with E-state index in [9.17, 15) is 9.59 Å². The van der Waals surface area contributed by atoms with Crippen LogP contribution in [0.4, 0.5) is 0 Å². The molecule has 0 bridgehead atoms. The smallest absolute Gasteiger partial charge is 0.226 e. The Morgan fingerprint density at radius 1 is 1.35 bits per heavy atom. The van der Waals surface area contributed by atoms with Crippen LogP contribution < -0.4 is 11.1 Å². The lowest BCUT2D eigenvalue weighted by molar-refractivity contribution is -0.138. The van der Waals surface area contributed by atoms with Gasteiger partial charge in [-0.05, 0) is 31.6 Å². The van der Waals surface area contributed by atoms with Crippen LogP contribution in [0.15, 0.2) is 0 Å². The van der Waals surface area contributed by atoms with Crippen LogP contribution in [0.1, 0.15) is 32.6 Å². The number of nitrogens with one attached hydrogen (secondary N) is 1. The van der Waals surface area contributed by atoms with Gasteiger partial charge >= 0.3 is 0 Å². The minimum absolute atomic E-state index is 0. The van der Waals surface area contributed by atoms with Crippen molar-refractivity contribution in [1.82, 2.24) is 10.2 Å². The Kier molecular flexibility index (Phi) is 6.76. The van der Waals surface area contributed by atoms with E-state index in [1.54, 1.807) is 0 Å². The second kappa shape index (κ2) is 7.84. The van der Waals surface area contributed by atoms with Crippen molar-refractivity contribution in [1.29, 1.82) is 0 Å². The number of likely N-dealkylation sites (tertiary alicyclic amines) is 1. The number of hydrogen-bond donors (Lipinski definition) is 2. The summed E-state index contributed by atoms with van der Waals surface area (Å²) in [5.74, 6) is 0.712. The van der Waals surface area contributed by atoms with E-state index in [0.717, 1.165) is 25.9 Å². The molecule has 2 fully saturated rings. The molecule has 2 unspecified atom stereocenters. The van der Waals surface area contributed by atoms with E-state index in [1.807, 2.05) is 11.8 Å². The summed E-state index contributed by atoms with van der Waals surface area (Å²) in [6, 6.07) is 0. The van der Waals surface area contributed by atoms with Crippen LogP contribution >= 0.6 is 12.4 Å². The average molecular weight is 304 g/mol. The first kappa shape index (κ1) is 17.2. The molecule has 2 rings (SSSR count). The van der Waals surface area contributed by atoms with Gasteiger partial charge in [0.25, 0.3) is 0 Å². The summed E-state index contributed by atoms with van der Waals surface area (Å²) < 4.78 is 0. The molecule has 0 aromatic carbocycles. The van der Waals surface area contributed by atoms with Crippen molar-refractivity contribution < 1.29 is 9.59 Å². The van der Waals surface area contributed by atoms with Crippen LogP contribution in [-0.2, 0) is 9.59 Å². The van der Waals surface area contributed by atoms with Gasteiger partial charge in [-0.25, -0.2) is 0 Å². The molecule has 1 saturated carbocycles. The van der Waals surface area contributed by atoms with Crippen LogP contribution in [0.5, 0.6) is 0 Å². The summed E-state index contributed by atoms with van der Waals surface area (Å²) in [4.78, 5) is 26.0. The Hall–Kier alpha value is -0.810. The summed E-state index contributed by atoms with van der Waals surface area (Å²) in [6.07, 6.45) is 4.27. The monoisotopic (exact) mass is 303 g/mol. The molecule has 2 amide bonds. The van der Waals surface area contributed by atoms with Crippen molar-refractivity contribution in [2.24, 2.45) is 23.5 Å². The number of amides is 2. The molecular formula is C14H26ClN3O2. The van der Waals surface area contributed by atoms with Crippen molar-refractivity contribution in [3.05, 3.63) is 0 Å². The fourth-order valence-corrected chi connectivity index (χ4v) is 2.52. The van der Waals surface area contributed by atoms with Crippen LogP contribution in [0, 0.1) is 17.8 Å². The fraction of sp³-hybridized carbons (Fsp3) is 0.857. The molecule has 1 aliphatic heterocycles. The minimum atomic E-state index is -0.145. The number of rotatable bonds is 5. The number of halogens is 1. The number of nitrogens with two attached hydrogens (primary N) is 1. The number of piperidine rings is 1. The van der Waals surface area contributed by atoms with Crippen LogP contribution in [-0.4, -0.2) is 42.9 Å². The summed E-state index contributed by atoms with van der Waals surface area (Å²) >= 11 is 0. The van der Waals surface area contributed by atoms with Gasteiger partial charge in [0.2, 0.25) is 11.8 Å². The minimum Gasteiger partial charge on any atom is -0.356 e. The van der Waals surface area contributed by atoms with E-state index in [1.165, 1.54) is 12.8 Å². The predicted octanol–water partition coefficient (Wildman–Crippen LogP) is 0.768. The first-order valence-corrected chi connectivity index (χ1v) is 7.38. The van der Waals surface area contributed by atoms with E-state index in [4.69, 9.17) is 5.73 Å². The molecule has 116 valence electrons. The molecule has 0 aromatic heterocycles. The normalized spacial score (nSPS) is 23.7. The van der Waals surface area contributed by atoms with E-state index >= 15 is 0 Å². The standard InChI is InChI=1S/C14H25N3O2.ClH/c1-10(7-15)14(19)17-6-2-3-12(9-17)13(18)16-8-11-4-5-11;/h10-12H,2-9,15H2,1H3,(H,16,18);1H. The zero-order chi connectivity index (χ0) is 13.8. The first-order chi connectivity index (χ1) is 9.11. The van der Waals surface area contributed by atoms with Crippen molar-refractivity contribution >= 4 is 24.2 Å². The molecule has 0 aromatic rings. The number of nitrogens with zero attached hydrogens (tertiary/aromatic N) is 1. The Morgan fingerprint density at radius 3 is 2.65 bits per heavy atom. The zero-order valence-corrected chi connectivity index (χ0v) is 13.0. The van der Waals surface area contributed by atoms with Crippen molar-refractivity contribution in [2.75, 3.05) is 26.2 Å². The molecule has 3 N–H and O–H groups in total.